The van der Waals surface area contributed by atoms with Gasteiger partial charge in [0.25, 0.3) is 0 Å². The number of phenolic OH excluding ortho intramolecular Hbond substituents is 1. The first-order chi connectivity index (χ1) is 17.3. The lowest BCUT2D eigenvalue weighted by molar-refractivity contribution is -0.143. The van der Waals surface area contributed by atoms with Gasteiger partial charge in [-0.15, -0.1) is 0 Å². The van der Waals surface area contributed by atoms with E-state index in [0.717, 1.165) is 0 Å². The summed E-state index contributed by atoms with van der Waals surface area (Å²) in [4.78, 5) is 61.1. The normalized spacial score (nSPS) is 14.9. The average Bonchev–Trinajstić information content (AvgIpc) is 2.83. The number of aliphatic carboxylic acids is 2. The molecule has 0 radical (unpaired) electrons. The van der Waals surface area contributed by atoms with Gasteiger partial charge in [0.05, 0.1) is 6.10 Å². The van der Waals surface area contributed by atoms with Crippen LogP contribution in [0.25, 0.3) is 0 Å². The zero-order chi connectivity index (χ0) is 28.1. The molecule has 1 aromatic rings. The first-order valence-electron chi connectivity index (χ1n) is 11.4. The van der Waals surface area contributed by atoms with E-state index in [-0.39, 0.29) is 25.0 Å². The number of rotatable bonds is 16. The van der Waals surface area contributed by atoms with Gasteiger partial charge in [-0.3, -0.25) is 19.2 Å². The second kappa shape index (κ2) is 15.7. The molecule has 5 unspecified atom stereocenters. The van der Waals surface area contributed by atoms with Crippen LogP contribution >= 0.6 is 11.8 Å². The third-order valence-electron chi connectivity index (χ3n) is 5.34. The van der Waals surface area contributed by atoms with Gasteiger partial charge in [-0.2, -0.15) is 11.8 Å². The Kier molecular flexibility index (Phi) is 13.4. The van der Waals surface area contributed by atoms with Crippen LogP contribution in [0.5, 0.6) is 5.75 Å². The van der Waals surface area contributed by atoms with Gasteiger partial charge in [0.15, 0.2) is 0 Å². The van der Waals surface area contributed by atoms with E-state index in [2.05, 4.69) is 16.0 Å². The molecule has 0 heterocycles. The van der Waals surface area contributed by atoms with Crippen molar-refractivity contribution in [1.82, 2.24) is 16.0 Å². The van der Waals surface area contributed by atoms with Gasteiger partial charge >= 0.3 is 11.9 Å². The molecule has 0 saturated carbocycles. The number of hydrogen-bond acceptors (Lipinski definition) is 9. The molecule has 13 nitrogen and oxygen atoms in total. The molecule has 0 fully saturated rings. The summed E-state index contributed by atoms with van der Waals surface area (Å²) >= 11 is 1.39. The van der Waals surface area contributed by atoms with Crippen LogP contribution in [0.3, 0.4) is 0 Å². The average molecular weight is 543 g/mol. The molecule has 3 amide bonds. The quantitative estimate of drug-likeness (QED) is 0.124. The van der Waals surface area contributed by atoms with Crippen LogP contribution in [-0.4, -0.2) is 92.4 Å². The van der Waals surface area contributed by atoms with Crippen molar-refractivity contribution in [2.45, 2.75) is 62.9 Å². The molecule has 0 aliphatic heterocycles. The topological polar surface area (TPSA) is 228 Å². The number of carbonyl (C=O) groups excluding carboxylic acids is 3. The Hall–Kier alpha value is -3.36. The number of benzene rings is 1. The van der Waals surface area contributed by atoms with Gasteiger partial charge in [0.1, 0.15) is 29.9 Å². The van der Waals surface area contributed by atoms with E-state index in [1.54, 1.807) is 6.26 Å². The smallest absolute Gasteiger partial charge is 0.326 e. The molecule has 1 aromatic carbocycles. The molecular formula is C23H34N4O9S. The number of carboxylic acids is 2. The van der Waals surface area contributed by atoms with Crippen molar-refractivity contribution in [2.75, 3.05) is 12.0 Å². The van der Waals surface area contributed by atoms with E-state index in [1.807, 2.05) is 0 Å². The highest BCUT2D eigenvalue weighted by Crippen LogP contribution is 2.12. The minimum Gasteiger partial charge on any atom is -0.508 e. The summed E-state index contributed by atoms with van der Waals surface area (Å²) in [5.74, 6) is -4.67. The van der Waals surface area contributed by atoms with Crippen molar-refractivity contribution in [3.63, 3.8) is 0 Å². The standard InChI is InChI=1S/C23H34N4O9S/c1-12(28)19(24)22(34)26-16(9-10-37-2)21(33)25-15(7-8-18(30)31)20(32)27-17(23(35)36)11-13-3-5-14(29)6-4-13/h3-6,12,15-17,19,28-29H,7-11,24H2,1-2H3,(H,25,33)(H,26,34)(H,27,32)(H,30,31)(H,35,36). The van der Waals surface area contributed by atoms with Crippen LogP contribution in [0.4, 0.5) is 0 Å². The number of phenols is 1. The number of aliphatic hydroxyl groups excluding tert-OH is 1. The van der Waals surface area contributed by atoms with Crippen LogP contribution in [-0.2, 0) is 30.4 Å². The molecule has 37 heavy (non-hydrogen) atoms. The lowest BCUT2D eigenvalue weighted by Gasteiger charge is -2.25. The van der Waals surface area contributed by atoms with Gasteiger partial charge in [-0.05, 0) is 49.5 Å². The number of thioether (sulfide) groups is 1. The largest absolute Gasteiger partial charge is 0.508 e. The maximum absolute atomic E-state index is 13.0. The first-order valence-corrected chi connectivity index (χ1v) is 12.8. The summed E-state index contributed by atoms with van der Waals surface area (Å²) in [7, 11) is 0. The number of nitrogens with one attached hydrogen (secondary N) is 3. The molecule has 0 aromatic heterocycles. The third-order valence-corrected chi connectivity index (χ3v) is 5.98. The second-order valence-corrected chi connectivity index (χ2v) is 9.36. The Morgan fingerprint density at radius 1 is 0.892 bits per heavy atom. The summed E-state index contributed by atoms with van der Waals surface area (Å²) in [5, 5.41) is 44.7. The lowest BCUT2D eigenvalue weighted by Crippen LogP contribution is -2.58. The number of hydrogen-bond donors (Lipinski definition) is 8. The van der Waals surface area contributed by atoms with E-state index in [4.69, 9.17) is 10.8 Å². The molecular weight excluding hydrogens is 508 g/mol. The molecule has 206 valence electrons. The maximum atomic E-state index is 13.0. The van der Waals surface area contributed by atoms with Gasteiger partial charge in [-0.25, -0.2) is 4.79 Å². The Morgan fingerprint density at radius 2 is 1.41 bits per heavy atom. The fourth-order valence-electron chi connectivity index (χ4n) is 3.14. The van der Waals surface area contributed by atoms with Gasteiger partial charge < -0.3 is 42.1 Å². The van der Waals surface area contributed by atoms with Crippen molar-refractivity contribution >= 4 is 41.4 Å². The first kappa shape index (κ1) is 31.7. The fourth-order valence-corrected chi connectivity index (χ4v) is 3.61. The molecule has 0 spiro atoms. The molecule has 0 aliphatic carbocycles. The van der Waals surface area contributed by atoms with Crippen LogP contribution in [0, 0.1) is 0 Å². The van der Waals surface area contributed by atoms with Crippen LogP contribution in [0.1, 0.15) is 31.7 Å². The van der Waals surface area contributed by atoms with Crippen molar-refractivity contribution in [3.8, 4) is 5.75 Å². The van der Waals surface area contributed by atoms with Crippen molar-refractivity contribution < 1.29 is 44.4 Å². The number of aliphatic hydroxyl groups is 1. The highest BCUT2D eigenvalue weighted by Gasteiger charge is 2.31. The number of nitrogens with two attached hydrogens (primary N) is 1. The van der Waals surface area contributed by atoms with Gasteiger partial charge in [0, 0.05) is 12.8 Å². The molecule has 0 saturated heterocycles. The van der Waals surface area contributed by atoms with Crippen LogP contribution < -0.4 is 21.7 Å². The Labute approximate surface area is 218 Å². The van der Waals surface area contributed by atoms with Gasteiger partial charge in [-0.1, -0.05) is 12.1 Å². The summed E-state index contributed by atoms with van der Waals surface area (Å²) in [6.45, 7) is 1.31. The van der Waals surface area contributed by atoms with Crippen LogP contribution in [0.15, 0.2) is 24.3 Å². The minimum absolute atomic E-state index is 0.0198. The summed E-state index contributed by atoms with van der Waals surface area (Å²) in [6.07, 6.45) is -0.221. The van der Waals surface area contributed by atoms with Crippen molar-refractivity contribution in [2.24, 2.45) is 5.73 Å². The van der Waals surface area contributed by atoms with Crippen LogP contribution in [0.2, 0.25) is 0 Å². The number of carbonyl (C=O) groups is 5. The van der Waals surface area contributed by atoms with Crippen molar-refractivity contribution in [1.29, 1.82) is 0 Å². The second-order valence-electron chi connectivity index (χ2n) is 8.37. The minimum atomic E-state index is -1.41. The highest BCUT2D eigenvalue weighted by atomic mass is 32.2. The Bertz CT molecular complexity index is 943. The monoisotopic (exact) mass is 542 g/mol. The maximum Gasteiger partial charge on any atom is 0.326 e. The van der Waals surface area contributed by atoms with E-state index >= 15 is 0 Å². The lowest BCUT2D eigenvalue weighted by atomic mass is 10.0. The third kappa shape index (κ3) is 11.5. The molecule has 5 atom stereocenters. The summed E-state index contributed by atoms with van der Waals surface area (Å²) in [6, 6.07) is 0.429. The van der Waals surface area contributed by atoms with E-state index in [1.165, 1.54) is 43.0 Å². The molecule has 0 bridgehead atoms. The van der Waals surface area contributed by atoms with Crippen molar-refractivity contribution in [3.05, 3.63) is 29.8 Å². The molecule has 1 rings (SSSR count). The predicted molar refractivity (Wildman–Crippen MR) is 135 cm³/mol. The van der Waals surface area contributed by atoms with E-state index < -0.39 is 66.4 Å². The zero-order valence-corrected chi connectivity index (χ0v) is 21.4. The molecule has 14 heteroatoms. The number of carboxylic acid groups (broad SMARTS) is 2. The van der Waals surface area contributed by atoms with E-state index in [9.17, 15) is 39.3 Å². The summed E-state index contributed by atoms with van der Waals surface area (Å²) in [5.41, 5.74) is 6.13. The van der Waals surface area contributed by atoms with Gasteiger partial charge in [0.2, 0.25) is 17.7 Å². The number of aromatic hydroxyl groups is 1. The number of amides is 3. The fraction of sp³-hybridized carbons (Fsp3) is 0.522. The van der Waals surface area contributed by atoms with E-state index in [0.29, 0.717) is 11.3 Å². The Balaban J connectivity index is 3.04. The highest BCUT2D eigenvalue weighted by molar-refractivity contribution is 7.98. The summed E-state index contributed by atoms with van der Waals surface area (Å²) < 4.78 is 0. The molecule has 9 N–H and O–H groups in total. The Morgan fingerprint density at radius 3 is 1.89 bits per heavy atom. The zero-order valence-electron chi connectivity index (χ0n) is 20.5. The predicted octanol–water partition coefficient (Wildman–Crippen LogP) is -1.20. The molecule has 0 aliphatic rings. The SMILES string of the molecule is CSCCC(NC(=O)C(N)C(C)O)C(=O)NC(CCC(=O)O)C(=O)NC(Cc1ccc(O)cc1)C(=O)O.